The highest BCUT2D eigenvalue weighted by Crippen LogP contribution is 2.39. The molecule has 1 aliphatic carbocycles. The summed E-state index contributed by atoms with van der Waals surface area (Å²) < 4.78 is 23.1. The maximum atomic E-state index is 12.6. The number of sulfone groups is 1. The van der Waals surface area contributed by atoms with Crippen molar-refractivity contribution in [2.45, 2.75) is 45.6 Å². The molecule has 0 aromatic carbocycles. The van der Waals surface area contributed by atoms with E-state index >= 15 is 0 Å². The Morgan fingerprint density at radius 2 is 2.00 bits per heavy atom. The van der Waals surface area contributed by atoms with E-state index in [2.05, 4.69) is 23.6 Å². The zero-order valence-electron chi connectivity index (χ0n) is 17.4. The van der Waals surface area contributed by atoms with Crippen molar-refractivity contribution in [3.05, 3.63) is 16.0 Å². The molecular weight excluding hydrogens is 424 g/mol. The van der Waals surface area contributed by atoms with Crippen LogP contribution in [0.15, 0.2) is 0 Å². The molecule has 2 N–H and O–H groups in total. The van der Waals surface area contributed by atoms with Crippen LogP contribution >= 0.6 is 11.3 Å². The first-order valence-corrected chi connectivity index (χ1v) is 12.9. The first-order chi connectivity index (χ1) is 14.2. The monoisotopic (exact) mass is 452 g/mol. The lowest BCUT2D eigenvalue weighted by Crippen LogP contribution is -2.44. The molecule has 2 heterocycles. The Morgan fingerprint density at radius 3 is 2.63 bits per heavy atom. The molecule has 2 atom stereocenters. The number of nitrogens with zero attached hydrogens (tertiary/aromatic N) is 2. The van der Waals surface area contributed by atoms with Gasteiger partial charge in [0.1, 0.15) is 11.1 Å². The molecular formula is C20H28N4O4S2. The number of thiophene rings is 1. The van der Waals surface area contributed by atoms with Crippen LogP contribution in [-0.2, 0) is 32.3 Å². The molecule has 0 unspecified atom stereocenters. The highest BCUT2D eigenvalue weighted by atomic mass is 32.2. The summed E-state index contributed by atoms with van der Waals surface area (Å²) in [6.07, 6.45) is 3.28. The predicted molar refractivity (Wildman–Crippen MR) is 116 cm³/mol. The first-order valence-electron chi connectivity index (χ1n) is 10.3. The van der Waals surface area contributed by atoms with Gasteiger partial charge in [-0.15, -0.1) is 11.3 Å². The van der Waals surface area contributed by atoms with E-state index in [1.54, 1.807) is 4.90 Å². The van der Waals surface area contributed by atoms with Crippen LogP contribution in [0, 0.1) is 17.2 Å². The molecule has 1 saturated heterocycles. The fourth-order valence-corrected chi connectivity index (χ4v) is 7.04. The number of rotatable bonds is 7. The molecule has 8 nitrogen and oxygen atoms in total. The molecule has 0 radical (unpaired) electrons. The van der Waals surface area contributed by atoms with Gasteiger partial charge in [0.15, 0.2) is 9.84 Å². The third-order valence-corrected chi connectivity index (χ3v) is 8.59. The molecule has 0 spiro atoms. The average Bonchev–Trinajstić information content (AvgIpc) is 3.18. The highest BCUT2D eigenvalue weighted by Gasteiger charge is 2.29. The SMILES string of the molecule is CCN(CC(=O)Nc1sc2c(c1C#N)CC[C@H](C)C2)CC(=O)N[C@@H]1CCS(=O)(=O)C1. The fraction of sp³-hybridized carbons (Fsp3) is 0.650. The fourth-order valence-electron chi connectivity index (χ4n) is 3.99. The Kier molecular flexibility index (Phi) is 7.16. The van der Waals surface area contributed by atoms with Crippen molar-refractivity contribution in [3.63, 3.8) is 0 Å². The van der Waals surface area contributed by atoms with Gasteiger partial charge < -0.3 is 10.6 Å². The van der Waals surface area contributed by atoms with Crippen molar-refractivity contribution in [3.8, 4) is 6.07 Å². The largest absolute Gasteiger partial charge is 0.351 e. The lowest BCUT2D eigenvalue weighted by Gasteiger charge is -2.20. The summed E-state index contributed by atoms with van der Waals surface area (Å²) in [6, 6.07) is 1.89. The van der Waals surface area contributed by atoms with Crippen LogP contribution in [-0.4, -0.2) is 62.3 Å². The third kappa shape index (κ3) is 5.59. The summed E-state index contributed by atoms with van der Waals surface area (Å²) in [4.78, 5) is 27.7. The van der Waals surface area contributed by atoms with Crippen molar-refractivity contribution < 1.29 is 18.0 Å². The maximum Gasteiger partial charge on any atom is 0.239 e. The molecule has 1 aromatic rings. The average molecular weight is 453 g/mol. The van der Waals surface area contributed by atoms with Crippen LogP contribution in [0.3, 0.4) is 0 Å². The van der Waals surface area contributed by atoms with E-state index in [0.717, 1.165) is 24.8 Å². The van der Waals surface area contributed by atoms with Gasteiger partial charge in [0, 0.05) is 10.9 Å². The standard InChI is InChI=1S/C20H28N4O4S2/c1-3-24(10-18(25)22-14-6-7-30(27,28)12-14)11-19(26)23-20-16(9-21)15-5-4-13(2)8-17(15)29-20/h13-14H,3-8,10-12H2,1-2H3,(H,22,25)(H,23,26)/t13-,14+/m0/s1. The number of likely N-dealkylation sites (N-methyl/N-ethyl adjacent to an activating group) is 1. The zero-order chi connectivity index (χ0) is 21.9. The van der Waals surface area contributed by atoms with Gasteiger partial charge >= 0.3 is 0 Å². The van der Waals surface area contributed by atoms with Gasteiger partial charge in [0.2, 0.25) is 11.8 Å². The molecule has 0 saturated carbocycles. The van der Waals surface area contributed by atoms with Crippen molar-refractivity contribution in [2.24, 2.45) is 5.92 Å². The van der Waals surface area contributed by atoms with Gasteiger partial charge in [0.25, 0.3) is 0 Å². The summed E-state index contributed by atoms with van der Waals surface area (Å²) in [5.41, 5.74) is 1.63. The van der Waals surface area contributed by atoms with Gasteiger partial charge in [-0.25, -0.2) is 8.42 Å². The maximum absolute atomic E-state index is 12.6. The third-order valence-electron chi connectivity index (χ3n) is 5.66. The predicted octanol–water partition coefficient (Wildman–Crippen LogP) is 1.31. The molecule has 0 bridgehead atoms. The molecule has 1 aliphatic heterocycles. The van der Waals surface area contributed by atoms with Gasteiger partial charge in [0.05, 0.1) is 30.2 Å². The van der Waals surface area contributed by atoms with E-state index in [0.29, 0.717) is 29.4 Å². The van der Waals surface area contributed by atoms with Crippen molar-refractivity contribution >= 4 is 38.0 Å². The molecule has 30 heavy (non-hydrogen) atoms. The van der Waals surface area contributed by atoms with Gasteiger partial charge in [-0.1, -0.05) is 13.8 Å². The van der Waals surface area contributed by atoms with Crippen LogP contribution < -0.4 is 10.6 Å². The van der Waals surface area contributed by atoms with Crippen LogP contribution in [0.1, 0.15) is 42.7 Å². The molecule has 2 aliphatic rings. The molecule has 1 aromatic heterocycles. The number of carbonyl (C=O) groups is 2. The zero-order valence-corrected chi connectivity index (χ0v) is 19.0. The summed E-state index contributed by atoms with van der Waals surface area (Å²) in [6.45, 7) is 4.58. The minimum atomic E-state index is -3.06. The second-order valence-corrected chi connectivity index (χ2v) is 11.5. The van der Waals surface area contributed by atoms with Crippen LogP contribution in [0.25, 0.3) is 0 Å². The summed E-state index contributed by atoms with van der Waals surface area (Å²) in [5, 5.41) is 15.8. The molecule has 3 rings (SSSR count). The number of amides is 2. The van der Waals surface area contributed by atoms with Crippen molar-refractivity contribution in [1.82, 2.24) is 10.2 Å². The summed E-state index contributed by atoms with van der Waals surface area (Å²) >= 11 is 1.48. The van der Waals surface area contributed by atoms with E-state index < -0.39 is 9.84 Å². The van der Waals surface area contributed by atoms with E-state index in [-0.39, 0.29) is 42.5 Å². The summed E-state index contributed by atoms with van der Waals surface area (Å²) in [5.74, 6) is 0.100. The second kappa shape index (κ2) is 9.45. The van der Waals surface area contributed by atoms with Crippen molar-refractivity contribution in [1.29, 1.82) is 5.26 Å². The number of nitriles is 1. The molecule has 2 amide bonds. The number of anilines is 1. The van der Waals surface area contributed by atoms with E-state index in [1.807, 2.05) is 6.92 Å². The normalized spacial score (nSPS) is 22.3. The van der Waals surface area contributed by atoms with E-state index in [4.69, 9.17) is 0 Å². The van der Waals surface area contributed by atoms with Crippen LogP contribution in [0.4, 0.5) is 5.00 Å². The molecule has 164 valence electrons. The minimum absolute atomic E-state index is 0.0179. The number of hydrogen-bond donors (Lipinski definition) is 2. The van der Waals surface area contributed by atoms with E-state index in [1.165, 1.54) is 16.2 Å². The van der Waals surface area contributed by atoms with Crippen molar-refractivity contribution in [2.75, 3.05) is 36.5 Å². The van der Waals surface area contributed by atoms with Crippen LogP contribution in [0.5, 0.6) is 0 Å². The minimum Gasteiger partial charge on any atom is -0.351 e. The Bertz CT molecular complexity index is 964. The van der Waals surface area contributed by atoms with E-state index in [9.17, 15) is 23.3 Å². The smallest absolute Gasteiger partial charge is 0.239 e. The molecule has 10 heteroatoms. The number of fused-ring (bicyclic) bond motifs is 1. The lowest BCUT2D eigenvalue weighted by atomic mass is 9.89. The number of hydrogen-bond acceptors (Lipinski definition) is 7. The molecule has 1 fully saturated rings. The Balaban J connectivity index is 1.56. The Labute approximate surface area is 181 Å². The topological polar surface area (TPSA) is 119 Å². The number of carbonyl (C=O) groups excluding carboxylic acids is 2. The quantitative estimate of drug-likeness (QED) is 0.644. The van der Waals surface area contributed by atoms with Gasteiger partial charge in [-0.3, -0.25) is 14.5 Å². The lowest BCUT2D eigenvalue weighted by molar-refractivity contribution is -0.123. The van der Waals surface area contributed by atoms with Gasteiger partial charge in [-0.05, 0) is 43.7 Å². The number of nitrogens with one attached hydrogen (secondary N) is 2. The second-order valence-electron chi connectivity index (χ2n) is 8.19. The highest BCUT2D eigenvalue weighted by molar-refractivity contribution is 7.91. The Morgan fingerprint density at radius 1 is 1.27 bits per heavy atom. The Hall–Kier alpha value is -1.96. The van der Waals surface area contributed by atoms with Gasteiger partial charge in [-0.2, -0.15) is 5.26 Å². The summed E-state index contributed by atoms with van der Waals surface area (Å²) in [7, 11) is -3.06. The van der Waals surface area contributed by atoms with Crippen LogP contribution in [0.2, 0.25) is 0 Å². The first kappa shape index (κ1) is 22.7.